The Kier molecular flexibility index (Phi) is 2.10. The number of hydrogen-bond donors (Lipinski definition) is 1. The van der Waals surface area contributed by atoms with Crippen LogP contribution in [0.15, 0.2) is 36.5 Å². The van der Waals surface area contributed by atoms with E-state index < -0.39 is 0 Å². The van der Waals surface area contributed by atoms with Gasteiger partial charge in [0.05, 0.1) is 18.8 Å². The molecule has 3 atom stereocenters. The highest BCUT2D eigenvalue weighted by Gasteiger charge is 2.44. The monoisotopic (exact) mass is 178 g/mol. The average molecular weight is 178 g/mol. The van der Waals surface area contributed by atoms with Crippen molar-refractivity contribution in [3.05, 3.63) is 36.5 Å². The molecule has 2 aliphatic rings. The average Bonchev–Trinajstić information content (AvgIpc) is 1.99. The van der Waals surface area contributed by atoms with Crippen molar-refractivity contribution in [1.29, 1.82) is 0 Å². The highest BCUT2D eigenvalue weighted by Crippen LogP contribution is 2.40. The molecule has 0 radical (unpaired) electrons. The Balaban J connectivity index is 2.20. The predicted octanol–water partition coefficient (Wildman–Crippen LogP) is 1.43. The number of fused-ring (bicyclic) bond motifs is 1. The molecule has 0 unspecified atom stereocenters. The SMILES string of the molecule is C=C/C=C1\C[C@@H](O)[C@H]2CO[C@@H]2C1=C. The fraction of sp³-hybridized carbons (Fsp3) is 0.455. The number of hydrogen-bond acceptors (Lipinski definition) is 2. The maximum Gasteiger partial charge on any atom is 0.0897 e. The summed E-state index contributed by atoms with van der Waals surface area (Å²) in [5, 5.41) is 9.72. The van der Waals surface area contributed by atoms with Crippen molar-refractivity contribution in [3.63, 3.8) is 0 Å². The van der Waals surface area contributed by atoms with Crippen LogP contribution in [-0.4, -0.2) is 23.9 Å². The van der Waals surface area contributed by atoms with Crippen molar-refractivity contribution in [3.8, 4) is 0 Å². The summed E-state index contributed by atoms with van der Waals surface area (Å²) in [5.41, 5.74) is 2.09. The lowest BCUT2D eigenvalue weighted by molar-refractivity contribution is -0.145. The fourth-order valence-electron chi connectivity index (χ4n) is 1.98. The van der Waals surface area contributed by atoms with Gasteiger partial charge in [0, 0.05) is 5.92 Å². The van der Waals surface area contributed by atoms with Crippen LogP contribution in [0.3, 0.4) is 0 Å². The highest BCUT2D eigenvalue weighted by molar-refractivity contribution is 5.39. The molecule has 1 aliphatic heterocycles. The van der Waals surface area contributed by atoms with E-state index >= 15 is 0 Å². The normalized spacial score (nSPS) is 41.2. The topological polar surface area (TPSA) is 29.5 Å². The number of allylic oxidation sites excluding steroid dienone is 2. The second-order valence-electron chi connectivity index (χ2n) is 3.64. The Morgan fingerprint density at radius 3 is 2.85 bits per heavy atom. The third-order valence-electron chi connectivity index (χ3n) is 2.86. The van der Waals surface area contributed by atoms with Crippen LogP contribution in [-0.2, 0) is 4.74 Å². The van der Waals surface area contributed by atoms with Crippen molar-refractivity contribution >= 4 is 0 Å². The van der Waals surface area contributed by atoms with E-state index in [1.54, 1.807) is 6.08 Å². The third-order valence-corrected chi connectivity index (χ3v) is 2.86. The molecule has 1 saturated carbocycles. The minimum absolute atomic E-state index is 0.0509. The molecule has 13 heavy (non-hydrogen) atoms. The van der Waals surface area contributed by atoms with Crippen molar-refractivity contribution < 1.29 is 9.84 Å². The number of rotatable bonds is 1. The Hall–Kier alpha value is -0.860. The fourth-order valence-corrected chi connectivity index (χ4v) is 1.98. The van der Waals surface area contributed by atoms with Gasteiger partial charge < -0.3 is 9.84 Å². The van der Waals surface area contributed by atoms with Crippen LogP contribution in [0.25, 0.3) is 0 Å². The standard InChI is InChI=1S/C11H14O2/c1-3-4-8-5-10(12)9-6-13-11(9)7(8)2/h3-4,9-12H,1-2,5-6H2/b8-4+/t9-,10-,11-/m1/s1. The van der Waals surface area contributed by atoms with E-state index in [0.29, 0.717) is 13.0 Å². The molecule has 2 rings (SSSR count). The molecule has 0 aromatic rings. The van der Waals surface area contributed by atoms with E-state index in [1.165, 1.54) is 0 Å². The Bertz CT molecular complexity index is 278. The van der Waals surface area contributed by atoms with E-state index in [0.717, 1.165) is 11.1 Å². The zero-order valence-electron chi connectivity index (χ0n) is 7.57. The summed E-state index contributed by atoms with van der Waals surface area (Å²) in [6, 6.07) is 0. The molecule has 0 aromatic heterocycles. The van der Waals surface area contributed by atoms with Crippen LogP contribution in [0, 0.1) is 5.92 Å². The van der Waals surface area contributed by atoms with Crippen LogP contribution in [0.5, 0.6) is 0 Å². The van der Waals surface area contributed by atoms with E-state index in [1.807, 2.05) is 6.08 Å². The Morgan fingerprint density at radius 2 is 2.31 bits per heavy atom. The summed E-state index contributed by atoms with van der Waals surface area (Å²) < 4.78 is 5.36. The van der Waals surface area contributed by atoms with Gasteiger partial charge in [0.1, 0.15) is 0 Å². The molecule has 2 fully saturated rings. The van der Waals surface area contributed by atoms with Crippen LogP contribution in [0.1, 0.15) is 6.42 Å². The summed E-state index contributed by atoms with van der Waals surface area (Å²) in [6.45, 7) is 8.29. The number of aliphatic hydroxyl groups is 1. The highest BCUT2D eigenvalue weighted by atomic mass is 16.5. The molecule has 0 aromatic carbocycles. The van der Waals surface area contributed by atoms with Crippen LogP contribution >= 0.6 is 0 Å². The van der Waals surface area contributed by atoms with Crippen LogP contribution in [0.2, 0.25) is 0 Å². The second-order valence-corrected chi connectivity index (χ2v) is 3.64. The third kappa shape index (κ3) is 1.26. The Labute approximate surface area is 78.2 Å². The molecule has 70 valence electrons. The molecule has 1 aliphatic carbocycles. The first-order valence-corrected chi connectivity index (χ1v) is 4.54. The van der Waals surface area contributed by atoms with Gasteiger partial charge in [-0.3, -0.25) is 0 Å². The zero-order valence-corrected chi connectivity index (χ0v) is 7.57. The molecule has 0 bridgehead atoms. The van der Waals surface area contributed by atoms with Crippen molar-refractivity contribution in [1.82, 2.24) is 0 Å². The lowest BCUT2D eigenvalue weighted by atomic mass is 9.75. The largest absolute Gasteiger partial charge is 0.392 e. The summed E-state index contributed by atoms with van der Waals surface area (Å²) in [5.74, 6) is 0.273. The van der Waals surface area contributed by atoms with E-state index in [9.17, 15) is 5.11 Å². The number of aliphatic hydroxyl groups excluding tert-OH is 1. The smallest absolute Gasteiger partial charge is 0.0897 e. The molecule has 0 amide bonds. The molecule has 1 heterocycles. The summed E-state index contributed by atoms with van der Waals surface area (Å²) in [4.78, 5) is 0. The molecule has 1 saturated heterocycles. The lowest BCUT2D eigenvalue weighted by Crippen LogP contribution is -2.51. The van der Waals surface area contributed by atoms with Gasteiger partial charge in [0.15, 0.2) is 0 Å². The van der Waals surface area contributed by atoms with Gasteiger partial charge in [0.25, 0.3) is 0 Å². The van der Waals surface area contributed by atoms with Gasteiger partial charge in [-0.25, -0.2) is 0 Å². The summed E-state index contributed by atoms with van der Waals surface area (Å²) in [6.07, 6.45) is 4.11. The van der Waals surface area contributed by atoms with Crippen molar-refractivity contribution in [2.24, 2.45) is 5.92 Å². The van der Waals surface area contributed by atoms with Gasteiger partial charge in [-0.05, 0) is 17.6 Å². The molecule has 1 N–H and O–H groups in total. The van der Waals surface area contributed by atoms with Gasteiger partial charge in [0.2, 0.25) is 0 Å². The second kappa shape index (κ2) is 3.13. The quantitative estimate of drug-likeness (QED) is 0.658. The first-order chi connectivity index (χ1) is 6.24. The Morgan fingerprint density at radius 1 is 1.54 bits per heavy atom. The number of ether oxygens (including phenoxy) is 1. The first-order valence-electron chi connectivity index (χ1n) is 4.54. The van der Waals surface area contributed by atoms with Gasteiger partial charge in [-0.1, -0.05) is 25.3 Å². The minimum atomic E-state index is -0.268. The predicted molar refractivity (Wildman–Crippen MR) is 51.3 cm³/mol. The molecular weight excluding hydrogens is 164 g/mol. The van der Waals surface area contributed by atoms with E-state index in [-0.39, 0.29) is 18.1 Å². The first kappa shape index (κ1) is 8.73. The molecular formula is C11H14O2. The van der Waals surface area contributed by atoms with Crippen molar-refractivity contribution in [2.45, 2.75) is 18.6 Å². The van der Waals surface area contributed by atoms with Crippen LogP contribution < -0.4 is 0 Å². The lowest BCUT2D eigenvalue weighted by Gasteiger charge is -2.45. The minimum Gasteiger partial charge on any atom is -0.392 e. The summed E-state index contributed by atoms with van der Waals surface area (Å²) in [7, 11) is 0. The maximum atomic E-state index is 9.72. The molecule has 2 heteroatoms. The maximum absolute atomic E-state index is 9.72. The van der Waals surface area contributed by atoms with E-state index in [4.69, 9.17) is 4.74 Å². The van der Waals surface area contributed by atoms with E-state index in [2.05, 4.69) is 13.2 Å². The molecule has 2 nitrogen and oxygen atoms in total. The summed E-state index contributed by atoms with van der Waals surface area (Å²) >= 11 is 0. The zero-order chi connectivity index (χ0) is 9.42. The van der Waals surface area contributed by atoms with Gasteiger partial charge >= 0.3 is 0 Å². The van der Waals surface area contributed by atoms with Gasteiger partial charge in [-0.15, -0.1) is 0 Å². The van der Waals surface area contributed by atoms with Crippen LogP contribution in [0.4, 0.5) is 0 Å². The van der Waals surface area contributed by atoms with Gasteiger partial charge in [-0.2, -0.15) is 0 Å². The van der Waals surface area contributed by atoms with Crippen molar-refractivity contribution in [2.75, 3.05) is 6.61 Å². The molecule has 0 spiro atoms.